The first-order valence-corrected chi connectivity index (χ1v) is 12.7. The van der Waals surface area contributed by atoms with Crippen molar-refractivity contribution in [2.45, 2.75) is 31.6 Å². The first-order chi connectivity index (χ1) is 16.8. The molecule has 8 nitrogen and oxygen atoms in total. The Bertz CT molecular complexity index is 1380. The van der Waals surface area contributed by atoms with E-state index in [9.17, 15) is 18.0 Å². The molecule has 0 saturated heterocycles. The van der Waals surface area contributed by atoms with Crippen LogP contribution in [0.1, 0.15) is 30.0 Å². The van der Waals surface area contributed by atoms with Crippen molar-refractivity contribution < 1.29 is 18.0 Å². The summed E-state index contributed by atoms with van der Waals surface area (Å²) in [5, 5.41) is 6.65. The highest BCUT2D eigenvalue weighted by Gasteiger charge is 2.29. The molecule has 2 N–H and O–H groups in total. The fourth-order valence-corrected chi connectivity index (χ4v) is 5.19. The number of carbonyl (C=O) groups is 2. The maximum Gasteiger partial charge on any atom is 0.276 e. The predicted octanol–water partition coefficient (Wildman–Crippen LogP) is 3.62. The topological polar surface area (TPSA) is 108 Å². The van der Waals surface area contributed by atoms with Crippen LogP contribution in [0.3, 0.4) is 0 Å². The Morgan fingerprint density at radius 1 is 1.00 bits per heavy atom. The number of fused-ring (bicyclic) bond motifs is 1. The number of aryl methyl sites for hydroxylation is 2. The molecule has 35 heavy (non-hydrogen) atoms. The second-order valence-electron chi connectivity index (χ2n) is 8.24. The molecule has 0 fully saturated rings. The largest absolute Gasteiger partial charge is 0.320 e. The molecule has 0 radical (unpaired) electrons. The van der Waals surface area contributed by atoms with Crippen molar-refractivity contribution >= 4 is 38.9 Å². The monoisotopic (exact) mass is 490 g/mol. The third kappa shape index (κ3) is 5.25. The fourth-order valence-electron chi connectivity index (χ4n) is 3.77. The third-order valence-electron chi connectivity index (χ3n) is 5.60. The number of amides is 2. The van der Waals surface area contributed by atoms with Gasteiger partial charge in [0.15, 0.2) is 5.71 Å². The second-order valence-corrected chi connectivity index (χ2v) is 10.1. The van der Waals surface area contributed by atoms with Gasteiger partial charge >= 0.3 is 0 Å². The van der Waals surface area contributed by atoms with Gasteiger partial charge in [0.05, 0.1) is 16.3 Å². The van der Waals surface area contributed by atoms with Crippen molar-refractivity contribution in [3.63, 3.8) is 0 Å². The van der Waals surface area contributed by atoms with Crippen molar-refractivity contribution in [1.82, 2.24) is 5.43 Å². The van der Waals surface area contributed by atoms with E-state index >= 15 is 0 Å². The summed E-state index contributed by atoms with van der Waals surface area (Å²) in [6, 6.07) is 20.5. The zero-order valence-electron chi connectivity index (χ0n) is 19.5. The number of nitrogens with one attached hydrogen (secondary N) is 2. The molecule has 0 aliphatic carbocycles. The lowest BCUT2D eigenvalue weighted by Gasteiger charge is -2.24. The summed E-state index contributed by atoms with van der Waals surface area (Å²) in [5.74, 6) is -1.12. The highest BCUT2D eigenvalue weighted by atomic mass is 32.2. The normalized spacial score (nSPS) is 13.9. The van der Waals surface area contributed by atoms with Gasteiger partial charge in [-0.2, -0.15) is 5.10 Å². The van der Waals surface area contributed by atoms with Gasteiger partial charge in [-0.3, -0.25) is 13.9 Å². The number of benzene rings is 3. The lowest BCUT2D eigenvalue weighted by atomic mass is 10.1. The van der Waals surface area contributed by atoms with Crippen LogP contribution in [0.5, 0.6) is 0 Å². The van der Waals surface area contributed by atoms with E-state index in [1.165, 1.54) is 0 Å². The number of para-hydroxylation sites is 1. The Hall–Kier alpha value is -3.98. The van der Waals surface area contributed by atoms with E-state index in [4.69, 9.17) is 0 Å². The van der Waals surface area contributed by atoms with E-state index in [1.54, 1.807) is 72.8 Å². The van der Waals surface area contributed by atoms with Gasteiger partial charge in [-0.05, 0) is 49.2 Å². The smallest absolute Gasteiger partial charge is 0.276 e. The van der Waals surface area contributed by atoms with Crippen molar-refractivity contribution in [2.24, 2.45) is 5.10 Å². The number of hydrazone groups is 1. The summed E-state index contributed by atoms with van der Waals surface area (Å²) in [4.78, 5) is 25.2. The van der Waals surface area contributed by atoms with Crippen LogP contribution in [0, 0.1) is 6.92 Å². The minimum absolute atomic E-state index is 0.0604. The molecule has 1 heterocycles. The van der Waals surface area contributed by atoms with Gasteiger partial charge in [0, 0.05) is 5.56 Å². The number of hydrogen-bond acceptors (Lipinski definition) is 5. The van der Waals surface area contributed by atoms with Crippen molar-refractivity contribution in [3.8, 4) is 0 Å². The fraction of sp³-hybridized carbons (Fsp3) is 0.192. The Kier molecular flexibility index (Phi) is 6.97. The average Bonchev–Trinajstić information content (AvgIpc) is 3.17. The van der Waals surface area contributed by atoms with Crippen LogP contribution >= 0.6 is 0 Å². The molecule has 0 saturated carbocycles. The summed E-state index contributed by atoms with van der Waals surface area (Å²) >= 11 is 0. The van der Waals surface area contributed by atoms with Crippen LogP contribution in [-0.4, -0.2) is 32.5 Å². The maximum absolute atomic E-state index is 13.5. The van der Waals surface area contributed by atoms with Crippen molar-refractivity contribution in [3.05, 3.63) is 89.5 Å². The highest BCUT2D eigenvalue weighted by molar-refractivity contribution is 7.92. The molecule has 2 amide bonds. The summed E-state index contributed by atoms with van der Waals surface area (Å²) in [7, 11) is -4.05. The van der Waals surface area contributed by atoms with E-state index < -0.39 is 28.4 Å². The van der Waals surface area contributed by atoms with E-state index in [2.05, 4.69) is 22.8 Å². The van der Waals surface area contributed by atoms with E-state index in [0.717, 1.165) is 28.3 Å². The molecule has 0 atom stereocenters. The molecule has 3 aromatic rings. The molecular formula is C26H26N4O4S. The second kappa shape index (κ2) is 10.1. The molecule has 3 aromatic carbocycles. The Morgan fingerprint density at radius 2 is 1.69 bits per heavy atom. The quantitative estimate of drug-likeness (QED) is 0.470. The third-order valence-corrected chi connectivity index (χ3v) is 7.39. The minimum atomic E-state index is -4.05. The number of rotatable bonds is 8. The van der Waals surface area contributed by atoms with Crippen molar-refractivity contribution in [2.75, 3.05) is 16.2 Å². The van der Waals surface area contributed by atoms with Crippen LogP contribution in [0.25, 0.3) is 0 Å². The molecule has 0 unspecified atom stereocenters. The molecule has 9 heteroatoms. The zero-order chi connectivity index (χ0) is 25.0. The molecule has 0 aromatic heterocycles. The molecule has 180 valence electrons. The van der Waals surface area contributed by atoms with Crippen LogP contribution in [-0.2, 0) is 26.0 Å². The van der Waals surface area contributed by atoms with Gasteiger partial charge in [0.1, 0.15) is 6.54 Å². The number of nitrogens with zero attached hydrogens (tertiary/aromatic N) is 2. The number of hydrogen-bond donors (Lipinski definition) is 2. The van der Waals surface area contributed by atoms with Crippen LogP contribution in [0.4, 0.5) is 11.4 Å². The summed E-state index contributed by atoms with van der Waals surface area (Å²) in [5.41, 5.74) is 5.90. The SMILES string of the molecule is CCCc1ccc(S(=O)(=O)N(CC(=O)N/N=C2/C(=O)Nc3ccccc32)c2ccc(C)cc2)cc1. The Labute approximate surface area is 204 Å². The van der Waals surface area contributed by atoms with Gasteiger partial charge in [-0.25, -0.2) is 13.8 Å². The Morgan fingerprint density at radius 3 is 2.37 bits per heavy atom. The van der Waals surface area contributed by atoms with Crippen molar-refractivity contribution in [1.29, 1.82) is 0 Å². The maximum atomic E-state index is 13.5. The first kappa shape index (κ1) is 24.2. The number of carbonyl (C=O) groups excluding carboxylic acids is 2. The molecular weight excluding hydrogens is 464 g/mol. The number of sulfonamides is 1. The summed E-state index contributed by atoms with van der Waals surface area (Å²) in [6.45, 7) is 3.43. The molecule has 1 aliphatic rings. The standard InChI is InChI=1S/C26H26N4O4S/c1-3-6-19-11-15-21(16-12-19)35(33,34)30(20-13-9-18(2)10-14-20)17-24(31)28-29-25-22-7-4-5-8-23(22)27-26(25)32/h4-5,7-16H,3,6,17H2,1-2H3,(H,28,31)(H,27,29,32). The van der Waals surface area contributed by atoms with Gasteiger partial charge in [0.25, 0.3) is 21.8 Å². The average molecular weight is 491 g/mol. The van der Waals surface area contributed by atoms with E-state index in [0.29, 0.717) is 16.9 Å². The first-order valence-electron chi connectivity index (χ1n) is 11.2. The minimum Gasteiger partial charge on any atom is -0.320 e. The summed E-state index contributed by atoms with van der Waals surface area (Å²) < 4.78 is 28.1. The lowest BCUT2D eigenvalue weighted by Crippen LogP contribution is -2.40. The van der Waals surface area contributed by atoms with Crippen LogP contribution < -0.4 is 15.0 Å². The van der Waals surface area contributed by atoms with Crippen LogP contribution in [0.15, 0.2) is 82.8 Å². The molecule has 0 bridgehead atoms. The lowest BCUT2D eigenvalue weighted by molar-refractivity contribution is -0.119. The van der Waals surface area contributed by atoms with Gasteiger partial charge in [0.2, 0.25) is 0 Å². The Balaban J connectivity index is 1.60. The van der Waals surface area contributed by atoms with E-state index in [1.807, 2.05) is 6.92 Å². The predicted molar refractivity (Wildman–Crippen MR) is 136 cm³/mol. The zero-order valence-corrected chi connectivity index (χ0v) is 20.3. The number of anilines is 2. The molecule has 0 spiro atoms. The molecule has 1 aliphatic heterocycles. The van der Waals surface area contributed by atoms with Crippen LogP contribution in [0.2, 0.25) is 0 Å². The van der Waals surface area contributed by atoms with E-state index in [-0.39, 0.29) is 10.6 Å². The van der Waals surface area contributed by atoms with Gasteiger partial charge in [-0.15, -0.1) is 0 Å². The molecule has 4 rings (SSSR count). The van der Waals surface area contributed by atoms with Gasteiger partial charge in [-0.1, -0.05) is 61.4 Å². The van der Waals surface area contributed by atoms with Gasteiger partial charge < -0.3 is 5.32 Å². The summed E-state index contributed by atoms with van der Waals surface area (Å²) in [6.07, 6.45) is 1.80. The highest BCUT2D eigenvalue weighted by Crippen LogP contribution is 2.25.